The second kappa shape index (κ2) is 5.35. The van der Waals surface area contributed by atoms with Gasteiger partial charge in [0.2, 0.25) is 0 Å². The summed E-state index contributed by atoms with van der Waals surface area (Å²) in [5, 5.41) is 6.45. The molecule has 4 nitrogen and oxygen atoms in total. The number of carbonyl (C=O) groups is 1. The number of methoxy groups -OCH3 is 1. The highest BCUT2D eigenvalue weighted by atomic mass is 32.1. The molecule has 5 heteroatoms. The van der Waals surface area contributed by atoms with Crippen molar-refractivity contribution in [3.63, 3.8) is 0 Å². The monoisotopic (exact) mass is 264 g/mol. The zero-order valence-electron chi connectivity index (χ0n) is 10.7. The van der Waals surface area contributed by atoms with Crippen LogP contribution in [0.3, 0.4) is 0 Å². The minimum atomic E-state index is 0.281. The average molecular weight is 264 g/mol. The van der Waals surface area contributed by atoms with Crippen molar-refractivity contribution in [3.8, 4) is 16.3 Å². The van der Waals surface area contributed by atoms with Gasteiger partial charge in [0.05, 0.1) is 17.6 Å². The van der Waals surface area contributed by atoms with E-state index in [1.807, 2.05) is 16.1 Å². The Morgan fingerprint density at radius 3 is 3.00 bits per heavy atom. The van der Waals surface area contributed by atoms with E-state index >= 15 is 0 Å². The van der Waals surface area contributed by atoms with Crippen molar-refractivity contribution in [3.05, 3.63) is 23.2 Å². The van der Waals surface area contributed by atoms with Crippen LogP contribution in [-0.2, 0) is 0 Å². The molecule has 2 rings (SSSR count). The Bertz CT molecular complexity index is 545. The van der Waals surface area contributed by atoms with Crippen LogP contribution in [0.4, 0.5) is 0 Å². The van der Waals surface area contributed by atoms with Gasteiger partial charge in [-0.1, -0.05) is 6.92 Å². The molecular formula is C13H16N2O2S. The van der Waals surface area contributed by atoms with Gasteiger partial charge in [-0.2, -0.15) is 5.10 Å². The second-order valence-corrected chi connectivity index (χ2v) is 5.02. The Kier molecular flexibility index (Phi) is 3.81. The number of aldehydes is 1. The van der Waals surface area contributed by atoms with Crippen LogP contribution in [0.15, 0.2) is 17.6 Å². The van der Waals surface area contributed by atoms with E-state index in [1.165, 1.54) is 11.3 Å². The summed E-state index contributed by atoms with van der Waals surface area (Å²) in [6, 6.07) is 2.17. The number of thiophene rings is 1. The molecule has 2 aromatic heterocycles. The second-order valence-electron chi connectivity index (χ2n) is 4.11. The summed E-state index contributed by atoms with van der Waals surface area (Å²) in [5.74, 6) is 0.762. The van der Waals surface area contributed by atoms with Gasteiger partial charge in [0.15, 0.2) is 6.29 Å². The van der Waals surface area contributed by atoms with Crippen molar-refractivity contribution in [2.24, 2.45) is 0 Å². The van der Waals surface area contributed by atoms with E-state index in [1.54, 1.807) is 13.3 Å². The van der Waals surface area contributed by atoms with Crippen LogP contribution in [0, 0.1) is 0 Å². The molecule has 2 heterocycles. The van der Waals surface area contributed by atoms with E-state index < -0.39 is 0 Å². The van der Waals surface area contributed by atoms with Crippen LogP contribution in [0.1, 0.15) is 36.7 Å². The molecule has 0 saturated carbocycles. The molecule has 96 valence electrons. The van der Waals surface area contributed by atoms with Gasteiger partial charge >= 0.3 is 0 Å². The molecule has 1 unspecified atom stereocenters. The maximum Gasteiger partial charge on any atom is 0.153 e. The van der Waals surface area contributed by atoms with Gasteiger partial charge in [-0.05, 0) is 24.8 Å². The average Bonchev–Trinajstić information content (AvgIpc) is 3.02. The summed E-state index contributed by atoms with van der Waals surface area (Å²) < 4.78 is 7.13. The van der Waals surface area contributed by atoms with E-state index in [0.717, 1.165) is 23.3 Å². The molecule has 0 aliphatic carbocycles. The smallest absolute Gasteiger partial charge is 0.153 e. The minimum Gasteiger partial charge on any atom is -0.495 e. The number of nitrogens with zero attached hydrogens (tertiary/aromatic N) is 2. The maximum absolute atomic E-state index is 11.2. The van der Waals surface area contributed by atoms with Gasteiger partial charge in [0.1, 0.15) is 11.4 Å². The first kappa shape index (κ1) is 12.8. The molecule has 0 aliphatic rings. The van der Waals surface area contributed by atoms with Crippen molar-refractivity contribution >= 4 is 17.6 Å². The van der Waals surface area contributed by atoms with Crippen molar-refractivity contribution in [1.82, 2.24) is 9.78 Å². The first-order valence-electron chi connectivity index (χ1n) is 5.87. The highest BCUT2D eigenvalue weighted by molar-refractivity contribution is 7.14. The van der Waals surface area contributed by atoms with E-state index in [4.69, 9.17) is 4.74 Å². The number of rotatable bonds is 5. The Labute approximate surface area is 110 Å². The summed E-state index contributed by atoms with van der Waals surface area (Å²) in [6.07, 6.45) is 3.62. The fourth-order valence-electron chi connectivity index (χ4n) is 1.71. The zero-order chi connectivity index (χ0) is 13.1. The van der Waals surface area contributed by atoms with Gasteiger partial charge in [0.25, 0.3) is 0 Å². The molecule has 0 saturated heterocycles. The van der Waals surface area contributed by atoms with E-state index in [-0.39, 0.29) is 6.04 Å². The van der Waals surface area contributed by atoms with E-state index in [9.17, 15) is 4.79 Å². The predicted molar refractivity (Wildman–Crippen MR) is 72.5 cm³/mol. The lowest BCUT2D eigenvalue weighted by Crippen LogP contribution is -2.04. The van der Waals surface area contributed by atoms with Gasteiger partial charge in [0, 0.05) is 12.2 Å². The van der Waals surface area contributed by atoms with Crippen molar-refractivity contribution in [2.75, 3.05) is 7.11 Å². The molecule has 0 bridgehead atoms. The van der Waals surface area contributed by atoms with Gasteiger partial charge in [-0.15, -0.1) is 11.3 Å². The lowest BCUT2D eigenvalue weighted by Gasteiger charge is -2.07. The molecule has 0 radical (unpaired) electrons. The highest BCUT2D eigenvalue weighted by Crippen LogP contribution is 2.36. The number of carbonyl (C=O) groups excluding carboxylic acids is 1. The van der Waals surface area contributed by atoms with Crippen LogP contribution in [-0.4, -0.2) is 23.2 Å². The lowest BCUT2D eigenvalue weighted by atomic mass is 10.2. The summed E-state index contributed by atoms with van der Waals surface area (Å²) in [4.78, 5) is 12.1. The number of aromatic nitrogens is 2. The van der Waals surface area contributed by atoms with Crippen LogP contribution in [0.5, 0.6) is 5.75 Å². The third-order valence-electron chi connectivity index (χ3n) is 2.99. The Balaban J connectivity index is 2.50. The third-order valence-corrected chi connectivity index (χ3v) is 3.90. The third kappa shape index (κ3) is 2.18. The Morgan fingerprint density at radius 2 is 2.39 bits per heavy atom. The molecule has 1 atom stereocenters. The summed E-state index contributed by atoms with van der Waals surface area (Å²) in [6.45, 7) is 4.18. The van der Waals surface area contributed by atoms with Crippen molar-refractivity contribution < 1.29 is 9.53 Å². The fourth-order valence-corrected chi connectivity index (χ4v) is 2.58. The van der Waals surface area contributed by atoms with Crippen molar-refractivity contribution in [1.29, 1.82) is 0 Å². The SMILES string of the molecule is CCC(C)n1cc(C=O)c(-c2sccc2OC)n1. The number of hydrogen-bond donors (Lipinski definition) is 0. The first-order valence-corrected chi connectivity index (χ1v) is 6.75. The largest absolute Gasteiger partial charge is 0.495 e. The molecule has 0 aromatic carbocycles. The van der Waals surface area contributed by atoms with Crippen molar-refractivity contribution in [2.45, 2.75) is 26.3 Å². The maximum atomic E-state index is 11.2. The van der Waals surface area contributed by atoms with Gasteiger partial charge < -0.3 is 4.74 Å². The zero-order valence-corrected chi connectivity index (χ0v) is 11.5. The standard InChI is InChI=1S/C13H16N2O2S/c1-4-9(2)15-7-10(8-16)12(14-15)13-11(17-3)5-6-18-13/h5-9H,4H2,1-3H3. The van der Waals surface area contributed by atoms with Gasteiger partial charge in [-0.3, -0.25) is 9.48 Å². The molecule has 0 N–H and O–H groups in total. The molecule has 0 aliphatic heterocycles. The number of ether oxygens (including phenoxy) is 1. The van der Waals surface area contributed by atoms with Crippen LogP contribution < -0.4 is 4.74 Å². The van der Waals surface area contributed by atoms with Crippen LogP contribution in [0.25, 0.3) is 10.6 Å². The lowest BCUT2D eigenvalue weighted by molar-refractivity contribution is 0.112. The predicted octanol–water partition coefficient (Wildman–Crippen LogP) is 3.40. The van der Waals surface area contributed by atoms with Gasteiger partial charge in [-0.25, -0.2) is 0 Å². The number of hydrogen-bond acceptors (Lipinski definition) is 4. The summed E-state index contributed by atoms with van der Waals surface area (Å²) in [7, 11) is 1.62. The Morgan fingerprint density at radius 1 is 1.61 bits per heavy atom. The molecule has 0 spiro atoms. The topological polar surface area (TPSA) is 44.1 Å². The van der Waals surface area contributed by atoms with E-state index in [0.29, 0.717) is 11.3 Å². The molecule has 2 aromatic rings. The molecular weight excluding hydrogens is 248 g/mol. The van der Waals surface area contributed by atoms with Crippen LogP contribution in [0.2, 0.25) is 0 Å². The fraction of sp³-hybridized carbons (Fsp3) is 0.385. The molecule has 18 heavy (non-hydrogen) atoms. The summed E-state index contributed by atoms with van der Waals surface area (Å²) in [5.41, 5.74) is 1.31. The Hall–Kier alpha value is -1.62. The van der Waals surface area contributed by atoms with Crippen LogP contribution >= 0.6 is 11.3 Å². The molecule has 0 amide bonds. The summed E-state index contributed by atoms with van der Waals surface area (Å²) >= 11 is 1.53. The quantitative estimate of drug-likeness (QED) is 0.777. The molecule has 0 fully saturated rings. The normalized spacial score (nSPS) is 12.4. The van der Waals surface area contributed by atoms with E-state index in [2.05, 4.69) is 18.9 Å². The first-order chi connectivity index (χ1) is 8.71. The minimum absolute atomic E-state index is 0.281. The highest BCUT2D eigenvalue weighted by Gasteiger charge is 2.17.